The largest absolute Gasteiger partial charge is 0.409 e. The molecule has 3 N–H and O–H groups in total. The summed E-state index contributed by atoms with van der Waals surface area (Å²) < 4.78 is 1.54. The second kappa shape index (κ2) is 5.34. The Morgan fingerprint density at radius 3 is 2.84 bits per heavy atom. The molecule has 2 aromatic rings. The lowest BCUT2D eigenvalue weighted by molar-refractivity contribution is 0.318. The molecule has 0 unspecified atom stereocenters. The van der Waals surface area contributed by atoms with E-state index in [2.05, 4.69) is 10.1 Å². The normalized spacial score (nSPS) is 11.5. The highest BCUT2D eigenvalue weighted by Gasteiger charge is 2.10. The molecule has 6 nitrogen and oxygen atoms in total. The van der Waals surface area contributed by atoms with Gasteiger partial charge in [-0.2, -0.15) is 0 Å². The third-order valence-electron chi connectivity index (χ3n) is 2.82. The van der Waals surface area contributed by atoms with Crippen LogP contribution in [0.25, 0.3) is 0 Å². The van der Waals surface area contributed by atoms with E-state index in [0.717, 1.165) is 11.4 Å². The highest BCUT2D eigenvalue weighted by molar-refractivity contribution is 5.96. The van der Waals surface area contributed by atoms with Crippen LogP contribution in [0, 0.1) is 6.92 Å². The van der Waals surface area contributed by atoms with Crippen molar-refractivity contribution in [3.8, 4) is 0 Å². The molecule has 98 valence electrons. The summed E-state index contributed by atoms with van der Waals surface area (Å²) in [6.45, 7) is 2.17. The fourth-order valence-electron chi connectivity index (χ4n) is 1.77. The Balaban J connectivity index is 2.49. The number of nitrogens with zero attached hydrogens (tertiary/aromatic N) is 3. The van der Waals surface area contributed by atoms with Crippen LogP contribution in [-0.4, -0.2) is 20.6 Å². The molecule has 2 rings (SSSR count). The fraction of sp³-hybridized carbons (Fsp3) is 0.154. The number of amidine groups is 1. The molecule has 0 radical (unpaired) electrons. The zero-order valence-corrected chi connectivity index (χ0v) is 10.4. The maximum Gasteiger partial charge on any atom is 0.262 e. The molecular formula is C13H14N4O2. The van der Waals surface area contributed by atoms with E-state index in [0.29, 0.717) is 6.54 Å². The maximum atomic E-state index is 12.3. The van der Waals surface area contributed by atoms with Crippen molar-refractivity contribution < 1.29 is 5.21 Å². The van der Waals surface area contributed by atoms with Crippen molar-refractivity contribution in [2.75, 3.05) is 0 Å². The highest BCUT2D eigenvalue weighted by Crippen LogP contribution is 2.02. The average Bonchev–Trinajstić information content (AvgIpc) is 2.44. The van der Waals surface area contributed by atoms with Gasteiger partial charge in [-0.1, -0.05) is 11.2 Å². The van der Waals surface area contributed by atoms with Crippen LogP contribution < -0.4 is 11.3 Å². The number of hydrogen-bond donors (Lipinski definition) is 2. The predicted molar refractivity (Wildman–Crippen MR) is 71.3 cm³/mol. The predicted octanol–water partition coefficient (Wildman–Crippen LogP) is 0.695. The first kappa shape index (κ1) is 12.8. The smallest absolute Gasteiger partial charge is 0.262 e. The molecule has 0 fully saturated rings. The number of oxime groups is 1. The second-order valence-electron chi connectivity index (χ2n) is 4.09. The van der Waals surface area contributed by atoms with E-state index in [-0.39, 0.29) is 17.0 Å². The van der Waals surface area contributed by atoms with Gasteiger partial charge in [0.25, 0.3) is 5.56 Å². The fourth-order valence-corrected chi connectivity index (χ4v) is 1.77. The maximum absolute atomic E-state index is 12.3. The summed E-state index contributed by atoms with van der Waals surface area (Å²) in [5, 5.41) is 11.5. The lowest BCUT2D eigenvalue weighted by Crippen LogP contribution is -2.31. The lowest BCUT2D eigenvalue weighted by atomic mass is 10.2. The van der Waals surface area contributed by atoms with Gasteiger partial charge in [-0.15, -0.1) is 0 Å². The van der Waals surface area contributed by atoms with Crippen molar-refractivity contribution in [3.05, 3.63) is 63.8 Å². The number of pyridine rings is 2. The Labute approximate surface area is 109 Å². The van der Waals surface area contributed by atoms with Crippen molar-refractivity contribution in [1.29, 1.82) is 0 Å². The Morgan fingerprint density at radius 2 is 2.21 bits per heavy atom. The number of rotatable bonds is 3. The first-order valence-electron chi connectivity index (χ1n) is 5.71. The molecule has 2 heterocycles. The van der Waals surface area contributed by atoms with Crippen LogP contribution in [0.3, 0.4) is 0 Å². The summed E-state index contributed by atoms with van der Waals surface area (Å²) in [5.41, 5.74) is 6.89. The SMILES string of the molecule is Cc1ccc(/C(N)=N/O)c(=O)n1Cc1ccccn1. The highest BCUT2D eigenvalue weighted by atomic mass is 16.4. The van der Waals surface area contributed by atoms with Crippen LogP contribution in [-0.2, 0) is 6.54 Å². The summed E-state index contributed by atoms with van der Waals surface area (Å²) in [4.78, 5) is 16.4. The Bertz CT molecular complexity index is 662. The quantitative estimate of drug-likeness (QED) is 0.366. The van der Waals surface area contributed by atoms with E-state index >= 15 is 0 Å². The van der Waals surface area contributed by atoms with E-state index in [1.165, 1.54) is 4.57 Å². The second-order valence-corrected chi connectivity index (χ2v) is 4.09. The van der Waals surface area contributed by atoms with Crippen LogP contribution >= 0.6 is 0 Å². The number of aryl methyl sites for hydroxylation is 1. The van der Waals surface area contributed by atoms with E-state index in [1.54, 1.807) is 18.3 Å². The van der Waals surface area contributed by atoms with E-state index in [1.807, 2.05) is 25.1 Å². The zero-order valence-electron chi connectivity index (χ0n) is 10.4. The molecule has 0 bridgehead atoms. The van der Waals surface area contributed by atoms with E-state index in [4.69, 9.17) is 10.9 Å². The molecule has 0 saturated heterocycles. The van der Waals surface area contributed by atoms with Gasteiger partial charge in [-0.25, -0.2) is 0 Å². The minimum Gasteiger partial charge on any atom is -0.409 e. The van der Waals surface area contributed by atoms with E-state index in [9.17, 15) is 4.79 Å². The molecule has 0 aliphatic heterocycles. The summed E-state index contributed by atoms with van der Waals surface area (Å²) in [6.07, 6.45) is 1.67. The number of aromatic nitrogens is 2. The van der Waals surface area contributed by atoms with Gasteiger partial charge in [-0.3, -0.25) is 9.78 Å². The van der Waals surface area contributed by atoms with Crippen LogP contribution in [0.5, 0.6) is 0 Å². The van der Waals surface area contributed by atoms with Gasteiger partial charge >= 0.3 is 0 Å². The molecule has 6 heteroatoms. The van der Waals surface area contributed by atoms with Gasteiger partial charge < -0.3 is 15.5 Å². The van der Waals surface area contributed by atoms with Gasteiger partial charge in [0.05, 0.1) is 17.8 Å². The summed E-state index contributed by atoms with van der Waals surface area (Å²) >= 11 is 0. The Hall–Kier alpha value is -2.63. The molecule has 0 spiro atoms. The molecule has 0 saturated carbocycles. The van der Waals surface area contributed by atoms with Crippen LogP contribution in [0.4, 0.5) is 0 Å². The van der Waals surface area contributed by atoms with Gasteiger partial charge in [0.1, 0.15) is 0 Å². The molecule has 0 amide bonds. The topological polar surface area (TPSA) is 93.5 Å². The Kier molecular flexibility index (Phi) is 3.61. The van der Waals surface area contributed by atoms with Crippen molar-refractivity contribution in [3.63, 3.8) is 0 Å². The molecular weight excluding hydrogens is 244 g/mol. The standard InChI is InChI=1S/C13H14N4O2/c1-9-5-6-11(12(14)16-19)13(18)17(9)8-10-4-2-3-7-15-10/h2-7,19H,8H2,1H3,(H2,14,16). The lowest BCUT2D eigenvalue weighted by Gasteiger charge is -2.11. The van der Waals surface area contributed by atoms with Crippen molar-refractivity contribution in [2.24, 2.45) is 10.9 Å². The zero-order chi connectivity index (χ0) is 13.8. The average molecular weight is 258 g/mol. The third kappa shape index (κ3) is 2.62. The van der Waals surface area contributed by atoms with Crippen molar-refractivity contribution in [2.45, 2.75) is 13.5 Å². The van der Waals surface area contributed by atoms with Crippen LogP contribution in [0.2, 0.25) is 0 Å². The van der Waals surface area contributed by atoms with Gasteiger partial charge in [0.2, 0.25) is 0 Å². The molecule has 2 aromatic heterocycles. The summed E-state index contributed by atoms with van der Waals surface area (Å²) in [5.74, 6) is -0.195. The van der Waals surface area contributed by atoms with Crippen molar-refractivity contribution in [1.82, 2.24) is 9.55 Å². The number of nitrogens with two attached hydrogens (primary N) is 1. The molecule has 0 atom stereocenters. The minimum atomic E-state index is -0.305. The van der Waals surface area contributed by atoms with Crippen LogP contribution in [0.15, 0.2) is 46.5 Å². The Morgan fingerprint density at radius 1 is 1.42 bits per heavy atom. The minimum absolute atomic E-state index is 0.170. The first-order chi connectivity index (χ1) is 9.13. The summed E-state index contributed by atoms with van der Waals surface area (Å²) in [6, 6.07) is 8.80. The monoisotopic (exact) mass is 258 g/mol. The summed E-state index contributed by atoms with van der Waals surface area (Å²) in [7, 11) is 0. The van der Waals surface area contributed by atoms with E-state index < -0.39 is 0 Å². The number of hydrogen-bond acceptors (Lipinski definition) is 4. The van der Waals surface area contributed by atoms with Gasteiger partial charge in [0.15, 0.2) is 5.84 Å². The third-order valence-corrected chi connectivity index (χ3v) is 2.82. The van der Waals surface area contributed by atoms with Crippen molar-refractivity contribution >= 4 is 5.84 Å². The van der Waals surface area contributed by atoms with Gasteiger partial charge in [-0.05, 0) is 31.2 Å². The molecule has 0 aromatic carbocycles. The first-order valence-corrected chi connectivity index (χ1v) is 5.71. The molecule has 0 aliphatic carbocycles. The molecule has 19 heavy (non-hydrogen) atoms. The van der Waals surface area contributed by atoms with Gasteiger partial charge in [0, 0.05) is 11.9 Å². The van der Waals surface area contributed by atoms with Crippen LogP contribution in [0.1, 0.15) is 17.0 Å². The molecule has 0 aliphatic rings.